The number of nitrogens with one attached hydrogen (secondary N) is 2. The van der Waals surface area contributed by atoms with Crippen molar-refractivity contribution >= 4 is 11.9 Å². The van der Waals surface area contributed by atoms with Crippen LogP contribution < -0.4 is 11.0 Å². The van der Waals surface area contributed by atoms with Gasteiger partial charge in [-0.2, -0.15) is 0 Å². The lowest BCUT2D eigenvalue weighted by atomic mass is 11.0. The van der Waals surface area contributed by atoms with Gasteiger partial charge in [-0.3, -0.25) is 10.4 Å². The van der Waals surface area contributed by atoms with Crippen LogP contribution in [0.2, 0.25) is 0 Å². The predicted molar refractivity (Wildman–Crippen MR) is 28.4 cm³/mol. The second-order valence-corrected chi connectivity index (χ2v) is 1.27. The first-order chi connectivity index (χ1) is 4.86. The van der Waals surface area contributed by atoms with Gasteiger partial charge in [0.25, 0.3) is 11.9 Å². The van der Waals surface area contributed by atoms with E-state index in [0.717, 1.165) is 0 Å². The highest BCUT2D eigenvalue weighted by molar-refractivity contribution is 5.20. The van der Waals surface area contributed by atoms with Crippen molar-refractivity contribution in [2.45, 2.75) is 0 Å². The van der Waals surface area contributed by atoms with Crippen molar-refractivity contribution in [2.24, 2.45) is 0 Å². The van der Waals surface area contributed by atoms with E-state index in [1.54, 1.807) is 11.0 Å². The SMILES string of the molecule is ONc1nnc(NO)nn1. The van der Waals surface area contributed by atoms with E-state index in [0.29, 0.717) is 0 Å². The average Bonchev–Trinajstić information content (AvgIpc) is 2.05. The molecule has 1 aromatic heterocycles. The van der Waals surface area contributed by atoms with E-state index in [1.807, 2.05) is 0 Å². The molecule has 0 aliphatic heterocycles. The summed E-state index contributed by atoms with van der Waals surface area (Å²) in [5.41, 5.74) is 3.24. The Morgan fingerprint density at radius 2 is 1.10 bits per heavy atom. The molecule has 0 fully saturated rings. The summed E-state index contributed by atoms with van der Waals surface area (Å²) in [5, 5.41) is 29.4. The largest absolute Gasteiger partial charge is 0.288 e. The van der Waals surface area contributed by atoms with Crippen LogP contribution in [0.4, 0.5) is 11.9 Å². The fourth-order valence-electron chi connectivity index (χ4n) is 0.319. The van der Waals surface area contributed by atoms with E-state index in [2.05, 4.69) is 20.4 Å². The van der Waals surface area contributed by atoms with Crippen molar-refractivity contribution in [1.29, 1.82) is 0 Å². The number of nitrogens with zero attached hydrogens (tertiary/aromatic N) is 4. The van der Waals surface area contributed by atoms with Gasteiger partial charge in [-0.1, -0.05) is 0 Å². The normalized spacial score (nSPS) is 9.00. The Bertz CT molecular complexity index is 174. The Morgan fingerprint density at radius 3 is 1.30 bits per heavy atom. The summed E-state index contributed by atoms with van der Waals surface area (Å²) in [6.45, 7) is 0. The molecule has 10 heavy (non-hydrogen) atoms. The van der Waals surface area contributed by atoms with Gasteiger partial charge >= 0.3 is 0 Å². The van der Waals surface area contributed by atoms with E-state index in [-0.39, 0.29) is 11.9 Å². The zero-order chi connectivity index (χ0) is 7.40. The zero-order valence-corrected chi connectivity index (χ0v) is 4.68. The van der Waals surface area contributed by atoms with Crippen molar-refractivity contribution in [1.82, 2.24) is 20.4 Å². The molecule has 0 amide bonds. The third kappa shape index (κ3) is 1.24. The molecule has 0 unspecified atom stereocenters. The summed E-state index contributed by atoms with van der Waals surface area (Å²) in [7, 11) is 0. The quantitative estimate of drug-likeness (QED) is 0.385. The van der Waals surface area contributed by atoms with E-state index in [4.69, 9.17) is 10.4 Å². The molecule has 8 heteroatoms. The maximum atomic E-state index is 8.16. The molecule has 0 atom stereocenters. The molecule has 0 aliphatic carbocycles. The van der Waals surface area contributed by atoms with Crippen LogP contribution in [0.1, 0.15) is 0 Å². The standard InChI is InChI=1S/C2H4N6O2/c9-7-1-3-5-2(8-10)6-4-1/h9-10H,(H,3,4,7)(H,5,6,8). The molecule has 1 rings (SSSR count). The second kappa shape index (κ2) is 2.85. The summed E-state index contributed by atoms with van der Waals surface area (Å²) < 4.78 is 0. The van der Waals surface area contributed by atoms with Crippen LogP contribution in [0, 0.1) is 0 Å². The summed E-state index contributed by atoms with van der Waals surface area (Å²) in [6, 6.07) is 0. The minimum Gasteiger partial charge on any atom is -0.288 e. The highest BCUT2D eigenvalue weighted by atomic mass is 16.5. The molecule has 0 aliphatic rings. The predicted octanol–water partition coefficient (Wildman–Crippen LogP) is -1.13. The molecule has 1 heterocycles. The Morgan fingerprint density at radius 1 is 0.800 bits per heavy atom. The van der Waals surface area contributed by atoms with Crippen LogP contribution in [-0.2, 0) is 0 Å². The van der Waals surface area contributed by atoms with Crippen molar-refractivity contribution in [2.75, 3.05) is 11.0 Å². The summed E-state index contributed by atoms with van der Waals surface area (Å²) in [6.07, 6.45) is 0. The monoisotopic (exact) mass is 144 g/mol. The van der Waals surface area contributed by atoms with E-state index >= 15 is 0 Å². The van der Waals surface area contributed by atoms with E-state index < -0.39 is 0 Å². The maximum absolute atomic E-state index is 8.16. The van der Waals surface area contributed by atoms with Gasteiger partial charge < -0.3 is 0 Å². The highest BCUT2D eigenvalue weighted by Crippen LogP contribution is 1.91. The minimum atomic E-state index is -0.140. The van der Waals surface area contributed by atoms with E-state index in [1.165, 1.54) is 0 Å². The molecular formula is C2H4N6O2. The van der Waals surface area contributed by atoms with Crippen LogP contribution in [0.3, 0.4) is 0 Å². The lowest BCUT2D eigenvalue weighted by molar-refractivity contribution is 0.371. The number of aromatic nitrogens is 4. The molecular weight excluding hydrogens is 140 g/mol. The summed E-state index contributed by atoms with van der Waals surface area (Å²) in [4.78, 5) is 0. The third-order valence-electron chi connectivity index (χ3n) is 0.679. The first-order valence-corrected chi connectivity index (χ1v) is 2.24. The lowest BCUT2D eigenvalue weighted by Crippen LogP contribution is -2.05. The third-order valence-corrected chi connectivity index (χ3v) is 0.679. The highest BCUT2D eigenvalue weighted by Gasteiger charge is 1.95. The van der Waals surface area contributed by atoms with Crippen LogP contribution in [-0.4, -0.2) is 30.8 Å². The van der Waals surface area contributed by atoms with Crippen molar-refractivity contribution in [3.63, 3.8) is 0 Å². The molecule has 0 spiro atoms. The Kier molecular flexibility index (Phi) is 1.87. The first-order valence-electron chi connectivity index (χ1n) is 2.24. The molecule has 4 N–H and O–H groups in total. The van der Waals surface area contributed by atoms with Gasteiger partial charge in [0.15, 0.2) is 0 Å². The summed E-state index contributed by atoms with van der Waals surface area (Å²) in [5.74, 6) is -0.280. The minimum absolute atomic E-state index is 0.140. The van der Waals surface area contributed by atoms with Crippen molar-refractivity contribution < 1.29 is 10.4 Å². The first kappa shape index (κ1) is 6.58. The van der Waals surface area contributed by atoms with Gasteiger partial charge in [0.05, 0.1) is 0 Å². The van der Waals surface area contributed by atoms with Crippen LogP contribution in [0.5, 0.6) is 0 Å². The molecule has 0 bridgehead atoms. The Labute approximate surface area is 54.8 Å². The topological polar surface area (TPSA) is 116 Å². The zero-order valence-electron chi connectivity index (χ0n) is 4.68. The fraction of sp³-hybridized carbons (Fsp3) is 0. The van der Waals surface area contributed by atoms with Gasteiger partial charge in [-0.15, -0.1) is 20.4 Å². The van der Waals surface area contributed by atoms with Gasteiger partial charge in [0.2, 0.25) is 0 Å². The molecule has 8 nitrogen and oxygen atoms in total. The molecule has 0 radical (unpaired) electrons. The van der Waals surface area contributed by atoms with Crippen molar-refractivity contribution in [3.8, 4) is 0 Å². The Balaban J connectivity index is 2.80. The summed E-state index contributed by atoms with van der Waals surface area (Å²) >= 11 is 0. The lowest BCUT2D eigenvalue weighted by Gasteiger charge is -1.94. The van der Waals surface area contributed by atoms with Gasteiger partial charge in [-0.05, 0) is 0 Å². The number of hydrogen-bond acceptors (Lipinski definition) is 8. The molecule has 0 saturated carbocycles. The Hall–Kier alpha value is -1.54. The molecule has 0 aromatic carbocycles. The maximum Gasteiger partial charge on any atom is 0.285 e. The average molecular weight is 144 g/mol. The van der Waals surface area contributed by atoms with Gasteiger partial charge in [0, 0.05) is 0 Å². The van der Waals surface area contributed by atoms with E-state index in [9.17, 15) is 0 Å². The van der Waals surface area contributed by atoms with Gasteiger partial charge in [-0.25, -0.2) is 11.0 Å². The fourth-order valence-corrected chi connectivity index (χ4v) is 0.319. The molecule has 1 aromatic rings. The smallest absolute Gasteiger partial charge is 0.285 e. The second-order valence-electron chi connectivity index (χ2n) is 1.27. The number of anilines is 2. The molecule has 0 saturated heterocycles. The van der Waals surface area contributed by atoms with Crippen LogP contribution in [0.15, 0.2) is 0 Å². The van der Waals surface area contributed by atoms with Crippen LogP contribution in [0.25, 0.3) is 0 Å². The van der Waals surface area contributed by atoms with Crippen molar-refractivity contribution in [3.05, 3.63) is 0 Å². The van der Waals surface area contributed by atoms with Gasteiger partial charge in [0.1, 0.15) is 0 Å². The number of hydrogen-bond donors (Lipinski definition) is 4. The number of rotatable bonds is 2. The van der Waals surface area contributed by atoms with Crippen LogP contribution >= 0.6 is 0 Å². The molecule has 54 valence electrons.